The van der Waals surface area contributed by atoms with Crippen LogP contribution in [-0.4, -0.2) is 85.3 Å². The maximum atomic E-state index is 13.1. The molecule has 6 N–H and O–H groups in total. The van der Waals surface area contributed by atoms with Crippen molar-refractivity contribution >= 4 is 23.6 Å². The number of rotatable bonds is 8. The first-order valence-corrected chi connectivity index (χ1v) is 12.6. The number of nitrogens with zero attached hydrogens (tertiary/aromatic N) is 1. The van der Waals surface area contributed by atoms with E-state index in [1.165, 1.54) is 30.3 Å². The van der Waals surface area contributed by atoms with Crippen molar-refractivity contribution < 1.29 is 49.4 Å². The molecule has 0 bridgehead atoms. The minimum atomic E-state index is -1.51. The number of carbonyl (C=O) groups excluding carboxylic acids is 3. The number of carbonyl (C=O) groups is 4. The highest BCUT2D eigenvalue weighted by Gasteiger charge is 2.38. The van der Waals surface area contributed by atoms with Gasteiger partial charge in [-0.1, -0.05) is 6.07 Å². The molecule has 4 rings (SSSR count). The number of phenols is 4. The summed E-state index contributed by atoms with van der Waals surface area (Å²) in [5, 5.41) is 53.0. The topological polar surface area (TPSA) is 194 Å². The molecule has 41 heavy (non-hydrogen) atoms. The summed E-state index contributed by atoms with van der Waals surface area (Å²) in [5.41, 5.74) is -1.92. The highest BCUT2D eigenvalue weighted by Crippen LogP contribution is 2.35. The molecule has 1 fully saturated rings. The van der Waals surface area contributed by atoms with Crippen LogP contribution in [0.1, 0.15) is 60.8 Å². The van der Waals surface area contributed by atoms with E-state index in [1.807, 2.05) is 18.7 Å². The maximum absolute atomic E-state index is 13.1. The van der Waals surface area contributed by atoms with Crippen LogP contribution in [0.2, 0.25) is 0 Å². The van der Waals surface area contributed by atoms with Crippen molar-refractivity contribution in [1.29, 1.82) is 0 Å². The zero-order valence-corrected chi connectivity index (χ0v) is 22.1. The quantitative estimate of drug-likeness (QED) is 0.174. The predicted octanol–water partition coefficient (Wildman–Crippen LogP) is 2.49. The van der Waals surface area contributed by atoms with E-state index < -0.39 is 69.7 Å². The highest BCUT2D eigenvalue weighted by molar-refractivity contribution is 6.18. The fourth-order valence-corrected chi connectivity index (χ4v) is 4.60. The van der Waals surface area contributed by atoms with E-state index in [9.17, 15) is 44.7 Å². The summed E-state index contributed by atoms with van der Waals surface area (Å²) >= 11 is 0. The lowest BCUT2D eigenvalue weighted by Gasteiger charge is -2.21. The van der Waals surface area contributed by atoms with Crippen LogP contribution in [0, 0.1) is 0 Å². The Labute approximate surface area is 234 Å². The number of benzene rings is 3. The summed E-state index contributed by atoms with van der Waals surface area (Å²) < 4.78 is 5.65. The van der Waals surface area contributed by atoms with E-state index in [0.29, 0.717) is 12.1 Å². The van der Waals surface area contributed by atoms with E-state index in [2.05, 4.69) is 5.32 Å². The maximum Gasteiger partial charge on any atom is 0.338 e. The molecule has 1 unspecified atom stereocenters. The minimum Gasteiger partial charge on any atom is -0.508 e. The molecule has 1 aliphatic rings. The number of phenolic OH excluding ortho intramolecular Hbond substituents is 4. The zero-order chi connectivity index (χ0) is 30.0. The second-order valence-electron chi connectivity index (χ2n) is 9.84. The molecule has 3 aromatic rings. The Balaban J connectivity index is 1.56. The Morgan fingerprint density at radius 2 is 1.49 bits per heavy atom. The van der Waals surface area contributed by atoms with E-state index in [-0.39, 0.29) is 23.9 Å². The molecule has 3 aromatic carbocycles. The van der Waals surface area contributed by atoms with Gasteiger partial charge in [-0.2, -0.15) is 0 Å². The molecule has 2 atom stereocenters. The molecule has 12 heteroatoms. The number of carboxylic acids is 1. The van der Waals surface area contributed by atoms with Crippen molar-refractivity contribution in [1.82, 2.24) is 10.2 Å². The SMILES string of the molecule is CC(C)N1CC(OC(=O)c2cc(O)c(C(=O)c3c(O)cccc3C(=O)O)c(O)c2)[C@@H](NC(=O)c2ccc(O)cc2)C1. The van der Waals surface area contributed by atoms with Crippen molar-refractivity contribution in [3.05, 3.63) is 82.4 Å². The molecule has 0 radical (unpaired) electrons. The number of hydrogen-bond acceptors (Lipinski definition) is 10. The molecule has 1 heterocycles. The third-order valence-corrected chi connectivity index (χ3v) is 6.79. The summed E-state index contributed by atoms with van der Waals surface area (Å²) in [6.07, 6.45) is -0.809. The zero-order valence-electron chi connectivity index (χ0n) is 22.1. The van der Waals surface area contributed by atoms with Gasteiger partial charge in [0.05, 0.1) is 22.7 Å². The van der Waals surface area contributed by atoms with Gasteiger partial charge < -0.3 is 35.6 Å². The molecule has 0 aliphatic carbocycles. The number of hydrogen-bond donors (Lipinski definition) is 6. The molecule has 0 spiro atoms. The van der Waals surface area contributed by atoms with Crippen LogP contribution < -0.4 is 5.32 Å². The Kier molecular flexibility index (Phi) is 8.15. The third kappa shape index (κ3) is 6.07. The van der Waals surface area contributed by atoms with Gasteiger partial charge in [0.25, 0.3) is 5.91 Å². The molecule has 0 aromatic heterocycles. The van der Waals surface area contributed by atoms with Gasteiger partial charge in [0.1, 0.15) is 34.7 Å². The van der Waals surface area contributed by atoms with E-state index in [1.54, 1.807) is 0 Å². The lowest BCUT2D eigenvalue weighted by molar-refractivity contribution is 0.0260. The van der Waals surface area contributed by atoms with Crippen LogP contribution in [0.4, 0.5) is 0 Å². The summed E-state index contributed by atoms with van der Waals surface area (Å²) in [6, 6.07) is 10.2. The van der Waals surface area contributed by atoms with Crippen LogP contribution in [0.3, 0.4) is 0 Å². The Morgan fingerprint density at radius 1 is 0.854 bits per heavy atom. The first-order valence-electron chi connectivity index (χ1n) is 12.6. The summed E-state index contributed by atoms with van der Waals surface area (Å²) in [4.78, 5) is 52.4. The molecule has 1 aliphatic heterocycles. The number of aromatic carboxylic acids is 1. The van der Waals surface area contributed by atoms with Gasteiger partial charge in [-0.15, -0.1) is 0 Å². The number of nitrogens with one attached hydrogen (secondary N) is 1. The van der Waals surface area contributed by atoms with Crippen LogP contribution in [0.25, 0.3) is 0 Å². The monoisotopic (exact) mass is 564 g/mol. The fourth-order valence-electron chi connectivity index (χ4n) is 4.60. The van der Waals surface area contributed by atoms with Crippen molar-refractivity contribution in [2.45, 2.75) is 32.0 Å². The van der Waals surface area contributed by atoms with E-state index in [4.69, 9.17) is 4.74 Å². The van der Waals surface area contributed by atoms with Crippen molar-refractivity contribution in [2.75, 3.05) is 13.1 Å². The number of likely N-dealkylation sites (tertiary alicyclic amines) is 1. The van der Waals surface area contributed by atoms with Crippen molar-refractivity contribution in [3.63, 3.8) is 0 Å². The lowest BCUT2D eigenvalue weighted by atomic mass is 9.95. The van der Waals surface area contributed by atoms with Crippen LogP contribution >= 0.6 is 0 Å². The van der Waals surface area contributed by atoms with Crippen LogP contribution in [0.15, 0.2) is 54.6 Å². The van der Waals surface area contributed by atoms with Gasteiger partial charge in [-0.3, -0.25) is 14.5 Å². The van der Waals surface area contributed by atoms with Gasteiger partial charge >= 0.3 is 11.9 Å². The van der Waals surface area contributed by atoms with Gasteiger partial charge in [0, 0.05) is 24.7 Å². The standard InChI is InChI=1S/C29H28N2O10/c1-14(2)31-12-19(30-27(37)15-6-8-17(32)9-7-15)23(13-31)41-29(40)16-10-21(34)25(22(35)11-16)26(36)24-18(28(38)39)4-3-5-20(24)33/h3-11,14,19,23,32-35H,12-13H2,1-2H3,(H,30,37)(H,38,39)/t19-,23?/m0/s1. The number of carboxylic acid groups (broad SMARTS) is 1. The van der Waals surface area contributed by atoms with Gasteiger partial charge in [0.2, 0.25) is 5.78 Å². The average molecular weight is 565 g/mol. The fraction of sp³-hybridized carbons (Fsp3) is 0.241. The highest BCUT2D eigenvalue weighted by atomic mass is 16.5. The molecule has 214 valence electrons. The number of aromatic hydroxyl groups is 4. The molecular formula is C29H28N2O10. The van der Waals surface area contributed by atoms with Crippen LogP contribution in [0.5, 0.6) is 23.0 Å². The van der Waals surface area contributed by atoms with Crippen molar-refractivity contribution in [3.8, 4) is 23.0 Å². The smallest absolute Gasteiger partial charge is 0.338 e. The third-order valence-electron chi connectivity index (χ3n) is 6.79. The van der Waals surface area contributed by atoms with Gasteiger partial charge in [0.15, 0.2) is 0 Å². The number of ether oxygens (including phenoxy) is 1. The largest absolute Gasteiger partial charge is 0.508 e. The first-order chi connectivity index (χ1) is 19.4. The summed E-state index contributed by atoms with van der Waals surface area (Å²) in [5.74, 6) is -6.43. The Morgan fingerprint density at radius 3 is 2.07 bits per heavy atom. The number of ketones is 1. The molecule has 0 saturated carbocycles. The van der Waals surface area contributed by atoms with Gasteiger partial charge in [-0.25, -0.2) is 9.59 Å². The molecular weight excluding hydrogens is 536 g/mol. The van der Waals surface area contributed by atoms with Crippen molar-refractivity contribution in [2.24, 2.45) is 0 Å². The van der Waals surface area contributed by atoms with E-state index >= 15 is 0 Å². The van der Waals surface area contributed by atoms with Crippen LogP contribution in [-0.2, 0) is 4.74 Å². The normalized spacial score (nSPS) is 16.9. The average Bonchev–Trinajstić information content (AvgIpc) is 3.30. The number of esters is 1. The Bertz CT molecular complexity index is 1490. The Hall–Kier alpha value is -5.10. The summed E-state index contributed by atoms with van der Waals surface area (Å²) in [7, 11) is 0. The van der Waals surface area contributed by atoms with E-state index in [0.717, 1.165) is 24.3 Å². The molecule has 12 nitrogen and oxygen atoms in total. The predicted molar refractivity (Wildman–Crippen MR) is 144 cm³/mol. The minimum absolute atomic E-state index is 0.00215. The molecule has 1 amide bonds. The molecule has 1 saturated heterocycles. The second-order valence-corrected chi connectivity index (χ2v) is 9.84. The summed E-state index contributed by atoms with van der Waals surface area (Å²) in [6.45, 7) is 4.53. The van der Waals surface area contributed by atoms with Gasteiger partial charge in [-0.05, 0) is 62.4 Å². The lowest BCUT2D eigenvalue weighted by Crippen LogP contribution is -2.44. The second kappa shape index (κ2) is 11.6. The first kappa shape index (κ1) is 28.9. The number of amides is 1.